The minimum absolute atomic E-state index is 0. The molecule has 0 bridgehead atoms. The summed E-state index contributed by atoms with van der Waals surface area (Å²) in [5.74, 6) is 0. The molecule has 0 atom stereocenters. The summed E-state index contributed by atoms with van der Waals surface area (Å²) in [6.45, 7) is 11.3. The van der Waals surface area contributed by atoms with Gasteiger partial charge in [0.15, 0.2) is 0 Å². The average Bonchev–Trinajstić information content (AvgIpc) is 1.49. The van der Waals surface area contributed by atoms with Gasteiger partial charge in [-0.2, -0.15) is 0 Å². The van der Waals surface area contributed by atoms with Gasteiger partial charge in [0.25, 0.3) is 0 Å². The van der Waals surface area contributed by atoms with Crippen LogP contribution in [0.2, 0.25) is 0 Å². The van der Waals surface area contributed by atoms with Crippen molar-refractivity contribution in [2.45, 2.75) is 52.6 Å². The summed E-state index contributed by atoms with van der Waals surface area (Å²) in [5, 5.41) is 7.78. The zero-order valence-corrected chi connectivity index (χ0v) is 20.6. The van der Waals surface area contributed by atoms with E-state index >= 15 is 0 Å². The molecule has 0 saturated carbocycles. The van der Waals surface area contributed by atoms with Gasteiger partial charge in [-0.25, -0.2) is 0 Å². The van der Waals surface area contributed by atoms with Crippen molar-refractivity contribution in [2.75, 3.05) is 0 Å². The van der Waals surface area contributed by atoms with E-state index in [0.29, 0.717) is 0 Å². The largest absolute Gasteiger partial charge is 1.00 e. The third kappa shape index (κ3) is 17.3. The van der Waals surface area contributed by atoms with Gasteiger partial charge in [-0.15, -0.1) is 11.1 Å². The van der Waals surface area contributed by atoms with Gasteiger partial charge in [0, 0.05) is 0 Å². The maximum Gasteiger partial charge on any atom is 1.00 e. The molecule has 3 nitrogen and oxygen atoms in total. The van der Waals surface area contributed by atoms with Crippen LogP contribution < -0.4 is 116 Å². The van der Waals surface area contributed by atoms with Gasteiger partial charge in [-0.1, -0.05) is 41.5 Å². The van der Waals surface area contributed by atoms with Gasteiger partial charge in [-0.3, -0.25) is 0 Å². The Hall–Kier alpha value is 2.88. The molecule has 0 aliphatic heterocycles. The van der Waals surface area contributed by atoms with Crippen LogP contribution in [0.1, 0.15) is 41.5 Å². The van der Waals surface area contributed by atoms with Crippen molar-refractivity contribution >= 4 is 6.03 Å². The van der Waals surface area contributed by atoms with E-state index < -0.39 is 0 Å². The van der Waals surface area contributed by atoms with Crippen LogP contribution in [0.5, 0.6) is 0 Å². The number of rotatable bonds is 0. The maximum absolute atomic E-state index is 11.1. The van der Waals surface area contributed by atoms with Crippen LogP contribution in [0, 0.1) is 0 Å². The molecule has 2 amide bonds. The number of carbonyl (C=O) groups excluding carboxylic acids is 1. The first-order valence-electron chi connectivity index (χ1n) is 4.10. The van der Waals surface area contributed by atoms with Crippen LogP contribution >= 0.6 is 0 Å². The predicted octanol–water partition coefficient (Wildman–Crippen LogP) is -2.54. The first kappa shape index (κ1) is 22.1. The second-order valence-corrected chi connectivity index (χ2v) is 4.85. The molecule has 0 rings (SSSR count). The Morgan fingerprint density at radius 1 is 0.786 bits per heavy atom. The van der Waals surface area contributed by atoms with E-state index in [-0.39, 0.29) is 133 Å². The Morgan fingerprint density at radius 3 is 1.14 bits per heavy atom. The summed E-state index contributed by atoms with van der Waals surface area (Å²) >= 11 is 0. The van der Waals surface area contributed by atoms with E-state index in [9.17, 15) is 4.79 Å². The summed E-state index contributed by atoms with van der Waals surface area (Å²) in [4.78, 5) is 11.1. The Kier molecular flexibility index (Phi) is 14.0. The molecule has 14 heavy (non-hydrogen) atoms. The predicted molar refractivity (Wildman–Crippen MR) is 51.6 cm³/mol. The van der Waals surface area contributed by atoms with Crippen molar-refractivity contribution < 1.29 is 121 Å². The molecule has 0 fully saturated rings. The molecule has 0 aliphatic carbocycles. The normalized spacial score (nSPS) is 10.7. The third-order valence-corrected chi connectivity index (χ3v) is 0.862. The van der Waals surface area contributed by atoms with E-state index in [0.717, 1.165) is 0 Å². The van der Waals surface area contributed by atoms with Gasteiger partial charge in [0.1, 0.15) is 0 Å². The van der Waals surface area contributed by atoms with Crippen molar-refractivity contribution in [1.82, 2.24) is 0 Å². The van der Waals surface area contributed by atoms with Crippen LogP contribution in [0.4, 0.5) is 4.79 Å². The number of hydrogen-bond donors (Lipinski definition) is 0. The third-order valence-electron chi connectivity index (χ3n) is 0.862. The molecular formula is C9H18N2ORb2. The summed E-state index contributed by atoms with van der Waals surface area (Å²) in [6, 6.07) is -0.366. The monoisotopic (exact) mass is 340 g/mol. The number of urea groups is 1. The van der Waals surface area contributed by atoms with Crippen LogP contribution in [0.15, 0.2) is 0 Å². The topological polar surface area (TPSA) is 45.3 Å². The summed E-state index contributed by atoms with van der Waals surface area (Å²) in [6.07, 6.45) is 0. The smallest absolute Gasteiger partial charge is 0.665 e. The molecule has 0 spiro atoms. The second kappa shape index (κ2) is 8.90. The van der Waals surface area contributed by atoms with E-state index in [1.54, 1.807) is 0 Å². The van der Waals surface area contributed by atoms with Gasteiger partial charge in [0.05, 0.1) is 0 Å². The Labute approximate surface area is 186 Å². The minimum Gasteiger partial charge on any atom is -0.665 e. The van der Waals surface area contributed by atoms with Gasteiger partial charge < -0.3 is 15.4 Å². The van der Waals surface area contributed by atoms with Crippen molar-refractivity contribution in [1.29, 1.82) is 0 Å². The van der Waals surface area contributed by atoms with E-state index in [2.05, 4.69) is 10.6 Å². The second-order valence-electron chi connectivity index (χ2n) is 4.85. The summed E-state index contributed by atoms with van der Waals surface area (Å²) in [5.41, 5.74) is -0.655. The molecular weight excluding hydrogens is 323 g/mol. The van der Waals surface area contributed by atoms with Crippen LogP contribution in [0.3, 0.4) is 0 Å². The first-order valence-corrected chi connectivity index (χ1v) is 4.10. The van der Waals surface area contributed by atoms with Crippen molar-refractivity contribution in [3.8, 4) is 0 Å². The molecule has 0 aliphatic rings. The minimum atomic E-state index is -0.366. The van der Waals surface area contributed by atoms with E-state index in [4.69, 9.17) is 0 Å². The number of nitrogens with zero attached hydrogens (tertiary/aromatic N) is 2. The molecule has 5 heteroatoms. The molecule has 0 unspecified atom stereocenters. The fourth-order valence-corrected chi connectivity index (χ4v) is 0.599. The Morgan fingerprint density at radius 2 is 1.00 bits per heavy atom. The molecule has 0 N–H and O–H groups in total. The molecule has 0 aromatic heterocycles. The summed E-state index contributed by atoms with van der Waals surface area (Å²) in [7, 11) is 0. The number of amides is 2. The first-order chi connectivity index (χ1) is 5.10. The van der Waals surface area contributed by atoms with Crippen molar-refractivity contribution in [2.24, 2.45) is 0 Å². The number of hydrogen-bond acceptors (Lipinski definition) is 1. The van der Waals surface area contributed by atoms with Crippen molar-refractivity contribution in [3.63, 3.8) is 0 Å². The standard InChI is InChI=1S/C9H19N2O.2Rb/c1-8(2,3)10-7(12)11-9(4,5)6;;/h1-6H3,(H-,10,11,12);;/q-1;2*+1/p-1. The Balaban J connectivity index is -0.000000605. The van der Waals surface area contributed by atoms with Crippen molar-refractivity contribution in [3.05, 3.63) is 10.6 Å². The molecule has 0 radical (unpaired) electrons. The quantitative estimate of drug-likeness (QED) is 0.479. The average molecular weight is 341 g/mol. The zero-order chi connectivity index (χ0) is 9.99. The van der Waals surface area contributed by atoms with Crippen LogP contribution in [-0.2, 0) is 0 Å². The fourth-order valence-electron chi connectivity index (χ4n) is 0.599. The fraction of sp³-hybridized carbons (Fsp3) is 0.889. The maximum atomic E-state index is 11.1. The van der Waals surface area contributed by atoms with Crippen LogP contribution in [0.25, 0.3) is 10.6 Å². The van der Waals surface area contributed by atoms with Gasteiger partial charge >= 0.3 is 116 Å². The SMILES string of the molecule is CC(C)(C)[N-]C(=O)[N-]C(C)(C)C.[Rb+].[Rb+]. The van der Waals surface area contributed by atoms with Gasteiger partial charge in [0.2, 0.25) is 0 Å². The molecule has 0 aromatic carbocycles. The zero-order valence-electron chi connectivity index (χ0n) is 10.8. The molecule has 0 aromatic rings. The van der Waals surface area contributed by atoms with Crippen LogP contribution in [-0.4, -0.2) is 17.1 Å². The summed E-state index contributed by atoms with van der Waals surface area (Å²) < 4.78 is 0. The molecule has 0 saturated heterocycles. The number of carbonyl (C=O) groups is 1. The molecule has 72 valence electrons. The van der Waals surface area contributed by atoms with E-state index in [1.807, 2.05) is 41.5 Å². The Bertz CT molecular complexity index is 153. The molecule has 0 heterocycles. The van der Waals surface area contributed by atoms with Gasteiger partial charge in [-0.05, 0) is 6.03 Å². The van der Waals surface area contributed by atoms with E-state index in [1.165, 1.54) is 0 Å².